The third kappa shape index (κ3) is 70.5. The van der Waals surface area contributed by atoms with Crippen molar-refractivity contribution in [3.05, 3.63) is 0 Å². The minimum Gasteiger partial charge on any atom is -0.462 e. The van der Waals surface area contributed by atoms with Crippen molar-refractivity contribution in [2.24, 2.45) is 5.92 Å². The van der Waals surface area contributed by atoms with E-state index in [4.69, 9.17) is 37.0 Å². The first-order chi connectivity index (χ1) is 46.5. The summed E-state index contributed by atoms with van der Waals surface area (Å²) in [5.41, 5.74) is 0. The van der Waals surface area contributed by atoms with Gasteiger partial charge in [0, 0.05) is 25.7 Å². The Morgan fingerprint density at radius 2 is 0.479 bits per heavy atom. The van der Waals surface area contributed by atoms with Crippen LogP contribution in [0.15, 0.2) is 0 Å². The molecule has 0 radical (unpaired) electrons. The van der Waals surface area contributed by atoms with Crippen molar-refractivity contribution < 1.29 is 80.2 Å². The Balaban J connectivity index is 5.12. The molecular weight excluding hydrogens is 1260 g/mol. The van der Waals surface area contributed by atoms with E-state index >= 15 is 0 Å². The first-order valence-electron chi connectivity index (χ1n) is 40.1. The SMILES string of the molecule is CCCCCCCCCCCCCCCCCCCC(=O)OC[C@H](COP(=O)(O)OC[C@@H](O)COP(=O)(O)OC[C@@H](COC(=O)CCCCCCC)OC(=O)CCCCCCCCCCCCCCC)OC(=O)CCCCCCCCCCCCCCCCCCCCC(C)C. The van der Waals surface area contributed by atoms with E-state index in [1.807, 2.05) is 0 Å². The average Bonchev–Trinajstić information content (AvgIpc) is 2.56. The van der Waals surface area contributed by atoms with Crippen LogP contribution in [0.3, 0.4) is 0 Å². The summed E-state index contributed by atoms with van der Waals surface area (Å²) in [6.45, 7) is 7.25. The lowest BCUT2D eigenvalue weighted by Crippen LogP contribution is -2.30. The molecule has 0 aliphatic rings. The van der Waals surface area contributed by atoms with Crippen LogP contribution >= 0.6 is 15.6 Å². The van der Waals surface area contributed by atoms with Crippen molar-refractivity contribution in [3.8, 4) is 0 Å². The van der Waals surface area contributed by atoms with Gasteiger partial charge in [-0.1, -0.05) is 356 Å². The molecule has 0 aromatic rings. The number of aliphatic hydroxyl groups excluding tert-OH is 1. The van der Waals surface area contributed by atoms with Gasteiger partial charge in [-0.05, 0) is 31.6 Å². The van der Waals surface area contributed by atoms with Crippen LogP contribution in [-0.2, 0) is 65.4 Å². The van der Waals surface area contributed by atoms with Crippen molar-refractivity contribution in [2.75, 3.05) is 39.6 Å². The Morgan fingerprint density at radius 1 is 0.281 bits per heavy atom. The molecular formula is C77H150O17P2. The molecule has 2 unspecified atom stereocenters. The second-order valence-electron chi connectivity index (χ2n) is 28.2. The minimum absolute atomic E-state index is 0.107. The summed E-state index contributed by atoms with van der Waals surface area (Å²) >= 11 is 0. The van der Waals surface area contributed by atoms with Crippen LogP contribution in [0.5, 0.6) is 0 Å². The van der Waals surface area contributed by atoms with Crippen molar-refractivity contribution in [1.29, 1.82) is 0 Å². The van der Waals surface area contributed by atoms with Gasteiger partial charge in [0.2, 0.25) is 0 Å². The summed E-state index contributed by atoms with van der Waals surface area (Å²) in [5, 5.41) is 10.6. The molecule has 19 heteroatoms. The largest absolute Gasteiger partial charge is 0.472 e. The number of esters is 4. The van der Waals surface area contributed by atoms with E-state index < -0.39 is 97.5 Å². The minimum atomic E-state index is -4.96. The highest BCUT2D eigenvalue weighted by Gasteiger charge is 2.30. The van der Waals surface area contributed by atoms with Crippen LogP contribution in [-0.4, -0.2) is 96.7 Å². The van der Waals surface area contributed by atoms with Crippen LogP contribution < -0.4 is 0 Å². The van der Waals surface area contributed by atoms with Crippen molar-refractivity contribution >= 4 is 39.5 Å². The number of hydrogen-bond acceptors (Lipinski definition) is 15. The van der Waals surface area contributed by atoms with E-state index in [9.17, 15) is 43.2 Å². The molecule has 0 spiro atoms. The zero-order valence-corrected chi connectivity index (χ0v) is 64.3. The molecule has 0 aliphatic heterocycles. The molecule has 17 nitrogen and oxygen atoms in total. The third-order valence-corrected chi connectivity index (χ3v) is 19.9. The van der Waals surface area contributed by atoms with Gasteiger partial charge in [0.15, 0.2) is 12.2 Å². The fourth-order valence-electron chi connectivity index (χ4n) is 11.9. The maximum Gasteiger partial charge on any atom is 0.472 e. The van der Waals surface area contributed by atoms with E-state index in [0.717, 1.165) is 102 Å². The number of rotatable bonds is 77. The van der Waals surface area contributed by atoms with Gasteiger partial charge in [-0.25, -0.2) is 9.13 Å². The quantitative estimate of drug-likeness (QED) is 0.0222. The molecule has 570 valence electrons. The number of phosphoric acid groups is 2. The van der Waals surface area contributed by atoms with Crippen molar-refractivity contribution in [2.45, 2.75) is 425 Å². The Labute approximate surface area is 588 Å². The van der Waals surface area contributed by atoms with Gasteiger partial charge in [-0.15, -0.1) is 0 Å². The van der Waals surface area contributed by atoms with E-state index in [2.05, 4.69) is 34.6 Å². The second kappa shape index (κ2) is 70.1. The zero-order chi connectivity index (χ0) is 70.5. The number of unbranched alkanes of at least 4 members (excludes halogenated alkanes) is 49. The molecule has 0 aromatic carbocycles. The normalized spacial score (nSPS) is 13.9. The molecule has 0 saturated heterocycles. The molecule has 96 heavy (non-hydrogen) atoms. The fraction of sp³-hybridized carbons (Fsp3) is 0.948. The third-order valence-electron chi connectivity index (χ3n) is 18.0. The summed E-state index contributed by atoms with van der Waals surface area (Å²) < 4.78 is 68.3. The number of carbonyl (C=O) groups excluding carboxylic acids is 4. The highest BCUT2D eigenvalue weighted by Crippen LogP contribution is 2.45. The monoisotopic (exact) mass is 1410 g/mol. The molecule has 0 aliphatic carbocycles. The van der Waals surface area contributed by atoms with Crippen molar-refractivity contribution in [3.63, 3.8) is 0 Å². The lowest BCUT2D eigenvalue weighted by molar-refractivity contribution is -0.161. The lowest BCUT2D eigenvalue weighted by Gasteiger charge is -2.21. The Hall–Kier alpha value is -1.94. The van der Waals surface area contributed by atoms with Gasteiger partial charge in [0.25, 0.3) is 0 Å². The smallest absolute Gasteiger partial charge is 0.462 e. The number of ether oxygens (including phenoxy) is 4. The van der Waals surface area contributed by atoms with Gasteiger partial charge in [-0.2, -0.15) is 0 Å². The van der Waals surface area contributed by atoms with Gasteiger partial charge >= 0.3 is 39.5 Å². The maximum absolute atomic E-state index is 13.1. The van der Waals surface area contributed by atoms with Gasteiger partial charge in [0.05, 0.1) is 26.4 Å². The molecule has 0 bridgehead atoms. The zero-order valence-electron chi connectivity index (χ0n) is 62.5. The van der Waals surface area contributed by atoms with Crippen LogP contribution in [0.4, 0.5) is 0 Å². The van der Waals surface area contributed by atoms with Crippen LogP contribution in [0.2, 0.25) is 0 Å². The first-order valence-corrected chi connectivity index (χ1v) is 43.1. The molecule has 0 amide bonds. The maximum atomic E-state index is 13.1. The van der Waals surface area contributed by atoms with Crippen molar-refractivity contribution in [1.82, 2.24) is 0 Å². The van der Waals surface area contributed by atoms with Gasteiger partial charge in [-0.3, -0.25) is 37.3 Å². The Bertz CT molecular complexity index is 1840. The molecule has 0 heterocycles. The number of hydrogen-bond donors (Lipinski definition) is 3. The number of aliphatic hydroxyl groups is 1. The highest BCUT2D eigenvalue weighted by atomic mass is 31.2. The predicted octanol–water partition coefficient (Wildman–Crippen LogP) is 22.9. The van der Waals surface area contributed by atoms with Gasteiger partial charge < -0.3 is 33.8 Å². The topological polar surface area (TPSA) is 237 Å². The molecule has 5 atom stereocenters. The molecule has 0 aromatic heterocycles. The van der Waals surface area contributed by atoms with E-state index in [0.29, 0.717) is 25.7 Å². The molecule has 0 saturated carbocycles. The highest BCUT2D eigenvalue weighted by molar-refractivity contribution is 7.47. The molecule has 0 fully saturated rings. The van der Waals surface area contributed by atoms with E-state index in [1.165, 1.54) is 225 Å². The van der Waals surface area contributed by atoms with E-state index in [-0.39, 0.29) is 25.7 Å². The predicted molar refractivity (Wildman–Crippen MR) is 391 cm³/mol. The Morgan fingerprint density at radius 3 is 0.708 bits per heavy atom. The van der Waals surface area contributed by atoms with Crippen LogP contribution in [0.25, 0.3) is 0 Å². The summed E-state index contributed by atoms with van der Waals surface area (Å²) in [5.74, 6) is -1.30. The Kier molecular flexibility index (Phi) is 68.7. The fourth-order valence-corrected chi connectivity index (χ4v) is 13.5. The number of phosphoric ester groups is 2. The molecule has 0 rings (SSSR count). The average molecular weight is 1410 g/mol. The van der Waals surface area contributed by atoms with Crippen LogP contribution in [0, 0.1) is 5.92 Å². The van der Waals surface area contributed by atoms with E-state index in [1.54, 1.807) is 0 Å². The van der Waals surface area contributed by atoms with Gasteiger partial charge in [0.1, 0.15) is 19.3 Å². The molecule has 3 N–H and O–H groups in total. The van der Waals surface area contributed by atoms with Crippen LogP contribution in [0.1, 0.15) is 407 Å². The second-order valence-corrected chi connectivity index (χ2v) is 31.1. The summed E-state index contributed by atoms with van der Waals surface area (Å²) in [7, 11) is -9.90. The summed E-state index contributed by atoms with van der Waals surface area (Å²) in [4.78, 5) is 72.5. The first kappa shape index (κ1) is 94.1. The summed E-state index contributed by atoms with van der Waals surface area (Å²) in [6.07, 6.45) is 60.1. The lowest BCUT2D eigenvalue weighted by atomic mass is 10.0. The standard InChI is InChI=1S/C77H150O17P2/c1-6-9-12-15-17-19-21-23-24-27-31-35-38-42-46-51-56-61-75(80)88-67-73(94-77(82)63-58-53-48-44-40-36-32-29-26-25-28-30-34-37-41-45-50-54-59-70(4)5)69-92-96(85,86)90-65-71(78)64-89-95(83,84)91-68-72(66-87-74(79)60-55-49-14-11-8-3)93-76(81)62-57-52-47-43-39-33-22-20-18-16-13-10-7-2/h70-73,78H,6-69H2,1-5H3,(H,83,84)(H,85,86)/t71-,72+,73+/m0/s1. The number of carbonyl (C=O) groups is 4. The summed E-state index contributed by atoms with van der Waals surface area (Å²) in [6, 6.07) is 0.